The summed E-state index contributed by atoms with van der Waals surface area (Å²) in [5.74, 6) is -0.456. The first-order valence-electron chi connectivity index (χ1n) is 4.49. The highest BCUT2D eigenvalue weighted by molar-refractivity contribution is 9.10. The van der Waals surface area contributed by atoms with Crippen molar-refractivity contribution in [3.05, 3.63) is 32.5 Å². The third-order valence-electron chi connectivity index (χ3n) is 1.67. The van der Waals surface area contributed by atoms with Crippen molar-refractivity contribution < 1.29 is 14.5 Å². The van der Waals surface area contributed by atoms with Crippen LogP contribution in [0.2, 0.25) is 0 Å². The van der Waals surface area contributed by atoms with Crippen molar-refractivity contribution >= 4 is 27.6 Å². The van der Waals surface area contributed by atoms with Crippen LogP contribution in [-0.4, -0.2) is 22.5 Å². The Morgan fingerprint density at radius 3 is 2.88 bits per heavy atom. The number of rotatable bonds is 4. The molecule has 0 aliphatic rings. The molecule has 1 rings (SSSR count). The van der Waals surface area contributed by atoms with E-state index in [4.69, 9.17) is 4.74 Å². The molecular weight excluding hydrogens is 280 g/mol. The molecule has 0 N–H and O–H groups in total. The lowest BCUT2D eigenvalue weighted by Gasteiger charge is -2.02. The summed E-state index contributed by atoms with van der Waals surface area (Å²) >= 11 is 3.04. The van der Waals surface area contributed by atoms with Crippen LogP contribution in [-0.2, 0) is 16.0 Å². The van der Waals surface area contributed by atoms with Crippen LogP contribution >= 0.6 is 15.9 Å². The van der Waals surface area contributed by atoms with Crippen LogP contribution in [0.4, 0.5) is 5.69 Å². The number of aromatic nitrogens is 1. The number of pyridine rings is 1. The predicted octanol–water partition coefficient (Wildman–Crippen LogP) is 1.86. The van der Waals surface area contributed by atoms with Gasteiger partial charge < -0.3 is 4.74 Å². The van der Waals surface area contributed by atoms with Crippen LogP contribution in [0.1, 0.15) is 12.6 Å². The second kappa shape index (κ2) is 5.55. The van der Waals surface area contributed by atoms with Gasteiger partial charge in [0.05, 0.1) is 23.6 Å². The zero-order valence-electron chi connectivity index (χ0n) is 8.47. The number of carbonyl (C=O) groups excluding carboxylic acids is 1. The van der Waals surface area contributed by atoms with Crippen molar-refractivity contribution in [1.29, 1.82) is 0 Å². The molecule has 0 aromatic carbocycles. The van der Waals surface area contributed by atoms with Crippen LogP contribution < -0.4 is 0 Å². The Morgan fingerprint density at radius 2 is 2.31 bits per heavy atom. The molecule has 1 aromatic heterocycles. The van der Waals surface area contributed by atoms with E-state index in [9.17, 15) is 14.9 Å². The van der Waals surface area contributed by atoms with Gasteiger partial charge >= 0.3 is 5.97 Å². The Kier molecular flexibility index (Phi) is 4.36. The summed E-state index contributed by atoms with van der Waals surface area (Å²) in [6.45, 7) is 1.96. The fraction of sp³-hybridized carbons (Fsp3) is 0.333. The minimum absolute atomic E-state index is 0.0753. The molecule has 0 spiro atoms. The maximum absolute atomic E-state index is 11.2. The average molecular weight is 289 g/mol. The molecule has 0 aliphatic carbocycles. The summed E-state index contributed by atoms with van der Waals surface area (Å²) < 4.78 is 5.04. The molecule has 86 valence electrons. The van der Waals surface area contributed by atoms with E-state index in [1.165, 1.54) is 12.1 Å². The smallest absolute Gasteiger partial charge is 0.311 e. The van der Waals surface area contributed by atoms with Crippen LogP contribution in [0, 0.1) is 10.1 Å². The van der Waals surface area contributed by atoms with Gasteiger partial charge in [0.2, 0.25) is 0 Å². The fourth-order valence-electron chi connectivity index (χ4n) is 1.09. The van der Waals surface area contributed by atoms with Gasteiger partial charge in [0.15, 0.2) is 0 Å². The zero-order valence-corrected chi connectivity index (χ0v) is 10.1. The van der Waals surface area contributed by atoms with E-state index in [1.807, 2.05) is 0 Å². The molecule has 0 fully saturated rings. The number of ether oxygens (including phenoxy) is 1. The van der Waals surface area contributed by atoms with Gasteiger partial charge in [-0.1, -0.05) is 0 Å². The van der Waals surface area contributed by atoms with Crippen molar-refractivity contribution in [3.8, 4) is 0 Å². The highest BCUT2D eigenvalue weighted by Crippen LogP contribution is 2.18. The van der Waals surface area contributed by atoms with Gasteiger partial charge in [-0.05, 0) is 22.9 Å². The first-order chi connectivity index (χ1) is 7.52. The van der Waals surface area contributed by atoms with E-state index < -0.39 is 10.9 Å². The second-order valence-electron chi connectivity index (χ2n) is 2.88. The summed E-state index contributed by atoms with van der Waals surface area (Å²) in [7, 11) is 0. The van der Waals surface area contributed by atoms with Crippen molar-refractivity contribution in [2.45, 2.75) is 13.3 Å². The van der Waals surface area contributed by atoms with Gasteiger partial charge in [0.25, 0.3) is 5.69 Å². The first kappa shape index (κ1) is 12.6. The zero-order chi connectivity index (χ0) is 12.1. The lowest BCUT2D eigenvalue weighted by molar-refractivity contribution is -0.385. The van der Waals surface area contributed by atoms with Gasteiger partial charge in [-0.3, -0.25) is 14.9 Å². The Balaban J connectivity index is 2.88. The van der Waals surface area contributed by atoms with Crippen LogP contribution in [0.25, 0.3) is 0 Å². The first-order valence-corrected chi connectivity index (χ1v) is 5.28. The Morgan fingerprint density at radius 1 is 1.62 bits per heavy atom. The monoisotopic (exact) mass is 288 g/mol. The molecule has 6 nitrogen and oxygen atoms in total. The van der Waals surface area contributed by atoms with Gasteiger partial charge in [-0.15, -0.1) is 0 Å². The number of nitro groups is 1. The molecule has 0 radical (unpaired) electrons. The molecule has 0 saturated heterocycles. The molecular formula is C9H9BrN2O4. The van der Waals surface area contributed by atoms with Gasteiger partial charge in [0, 0.05) is 12.1 Å². The van der Waals surface area contributed by atoms with Gasteiger partial charge in [-0.25, -0.2) is 4.98 Å². The van der Waals surface area contributed by atoms with Crippen molar-refractivity contribution in [1.82, 2.24) is 4.98 Å². The molecule has 7 heteroatoms. The standard InChI is InChI=1S/C9H9BrN2O4/c1-2-16-9(13)4-6-3-7(12(14)15)5-8(10)11-6/h3,5H,2,4H2,1H3. The number of halogens is 1. The maximum atomic E-state index is 11.2. The Hall–Kier alpha value is -1.50. The SMILES string of the molecule is CCOC(=O)Cc1cc([N+](=O)[O-])cc(Br)n1. The Labute approximate surface area is 99.9 Å². The normalized spacial score (nSPS) is 9.88. The molecule has 0 bridgehead atoms. The summed E-state index contributed by atoms with van der Waals surface area (Å²) in [5, 5.41) is 10.6. The van der Waals surface area contributed by atoms with Crippen molar-refractivity contribution in [3.63, 3.8) is 0 Å². The highest BCUT2D eigenvalue weighted by Gasteiger charge is 2.13. The quantitative estimate of drug-likeness (QED) is 0.365. The third-order valence-corrected chi connectivity index (χ3v) is 2.08. The van der Waals surface area contributed by atoms with E-state index in [0.717, 1.165) is 0 Å². The van der Waals surface area contributed by atoms with E-state index in [-0.39, 0.29) is 18.7 Å². The summed E-state index contributed by atoms with van der Waals surface area (Å²) in [4.78, 5) is 25.1. The minimum atomic E-state index is -0.541. The number of carbonyl (C=O) groups is 1. The topological polar surface area (TPSA) is 82.3 Å². The third kappa shape index (κ3) is 3.58. The molecule has 1 aromatic rings. The largest absolute Gasteiger partial charge is 0.466 e. The number of nitrogens with zero attached hydrogens (tertiary/aromatic N) is 2. The summed E-state index contributed by atoms with van der Waals surface area (Å²) in [6, 6.07) is 2.52. The van der Waals surface area contributed by atoms with Crippen LogP contribution in [0.5, 0.6) is 0 Å². The van der Waals surface area contributed by atoms with E-state index in [2.05, 4.69) is 20.9 Å². The van der Waals surface area contributed by atoms with Crippen molar-refractivity contribution in [2.24, 2.45) is 0 Å². The van der Waals surface area contributed by atoms with Gasteiger partial charge in [0.1, 0.15) is 4.60 Å². The minimum Gasteiger partial charge on any atom is -0.466 e. The average Bonchev–Trinajstić information content (AvgIpc) is 2.16. The molecule has 0 atom stereocenters. The van der Waals surface area contributed by atoms with E-state index in [1.54, 1.807) is 6.92 Å². The predicted molar refractivity (Wildman–Crippen MR) is 58.9 cm³/mol. The number of hydrogen-bond donors (Lipinski definition) is 0. The molecule has 16 heavy (non-hydrogen) atoms. The lowest BCUT2D eigenvalue weighted by atomic mass is 10.2. The molecule has 0 aliphatic heterocycles. The maximum Gasteiger partial charge on any atom is 0.311 e. The van der Waals surface area contributed by atoms with Crippen LogP contribution in [0.3, 0.4) is 0 Å². The van der Waals surface area contributed by atoms with Crippen LogP contribution in [0.15, 0.2) is 16.7 Å². The second-order valence-corrected chi connectivity index (χ2v) is 3.69. The molecule has 0 saturated carbocycles. The Bertz CT molecular complexity index is 422. The lowest BCUT2D eigenvalue weighted by Crippen LogP contribution is -2.09. The summed E-state index contributed by atoms with van der Waals surface area (Å²) in [5.41, 5.74) is 0.195. The fourth-order valence-corrected chi connectivity index (χ4v) is 1.55. The van der Waals surface area contributed by atoms with E-state index in [0.29, 0.717) is 10.3 Å². The molecule has 0 unspecified atom stereocenters. The van der Waals surface area contributed by atoms with Crippen molar-refractivity contribution in [2.75, 3.05) is 6.61 Å². The van der Waals surface area contributed by atoms with Gasteiger partial charge in [-0.2, -0.15) is 0 Å². The number of hydrogen-bond acceptors (Lipinski definition) is 5. The molecule has 1 heterocycles. The molecule has 0 amide bonds. The highest BCUT2D eigenvalue weighted by atomic mass is 79.9. The summed E-state index contributed by atoms with van der Waals surface area (Å²) in [6.07, 6.45) is -0.0753. The number of esters is 1. The van der Waals surface area contributed by atoms with E-state index >= 15 is 0 Å².